The van der Waals surface area contributed by atoms with Gasteiger partial charge in [0.15, 0.2) is 0 Å². The van der Waals surface area contributed by atoms with Gasteiger partial charge in [0, 0.05) is 25.9 Å². The minimum absolute atomic E-state index is 0.137. The van der Waals surface area contributed by atoms with Crippen LogP contribution in [0.4, 0.5) is 0 Å². The van der Waals surface area contributed by atoms with Gasteiger partial charge < -0.3 is 9.47 Å². The Morgan fingerprint density at radius 3 is 2.82 bits per heavy atom. The van der Waals surface area contributed by atoms with E-state index in [1.807, 2.05) is 4.90 Å². The monoisotopic (exact) mass is 265 g/mol. The predicted octanol–water partition coefficient (Wildman–Crippen LogP) is -0.705. The van der Waals surface area contributed by atoms with Crippen molar-refractivity contribution in [2.45, 2.75) is 12.5 Å². The lowest BCUT2D eigenvalue weighted by Crippen LogP contribution is -2.45. The molecule has 0 aromatic rings. The Balaban J connectivity index is 2.36. The predicted molar refractivity (Wildman–Crippen MR) is 62.5 cm³/mol. The van der Waals surface area contributed by atoms with Gasteiger partial charge in [0.25, 0.3) is 0 Å². The quantitative estimate of drug-likeness (QED) is 0.612. The fourth-order valence-corrected chi connectivity index (χ4v) is 2.26. The van der Waals surface area contributed by atoms with Crippen molar-refractivity contribution in [2.75, 3.05) is 45.4 Å². The Morgan fingerprint density at radius 1 is 1.53 bits per heavy atom. The van der Waals surface area contributed by atoms with E-state index in [2.05, 4.69) is 4.74 Å². The Morgan fingerprint density at radius 2 is 2.24 bits per heavy atom. The summed E-state index contributed by atoms with van der Waals surface area (Å²) in [5.74, 6) is -0.169. The van der Waals surface area contributed by atoms with E-state index in [1.165, 1.54) is 13.4 Å². The van der Waals surface area contributed by atoms with Crippen LogP contribution in [0.3, 0.4) is 0 Å². The number of hydrogen-bond acceptors (Lipinski definition) is 6. The van der Waals surface area contributed by atoms with Crippen LogP contribution in [0, 0.1) is 0 Å². The number of ether oxygens (including phenoxy) is 2. The highest BCUT2D eigenvalue weighted by atomic mass is 32.2. The average molecular weight is 265 g/mol. The van der Waals surface area contributed by atoms with Gasteiger partial charge >= 0.3 is 5.97 Å². The van der Waals surface area contributed by atoms with Crippen molar-refractivity contribution in [3.63, 3.8) is 0 Å². The normalized spacial score (nSPS) is 22.4. The highest BCUT2D eigenvalue weighted by Crippen LogP contribution is 2.09. The van der Waals surface area contributed by atoms with Gasteiger partial charge in [-0.15, -0.1) is 0 Å². The highest BCUT2D eigenvalue weighted by Gasteiger charge is 2.23. The van der Waals surface area contributed by atoms with Crippen molar-refractivity contribution >= 4 is 15.8 Å². The number of sulfone groups is 1. The summed E-state index contributed by atoms with van der Waals surface area (Å²) in [7, 11) is -1.60. The van der Waals surface area contributed by atoms with E-state index in [-0.39, 0.29) is 24.2 Å². The maximum atomic E-state index is 11.1. The van der Waals surface area contributed by atoms with Crippen LogP contribution in [0.25, 0.3) is 0 Å². The first-order valence-corrected chi connectivity index (χ1v) is 7.55. The first-order chi connectivity index (χ1) is 7.90. The molecule has 1 rings (SSSR count). The molecule has 0 aromatic heterocycles. The third kappa shape index (κ3) is 5.99. The molecule has 0 aromatic carbocycles. The number of carbonyl (C=O) groups is 1. The molecular formula is C10H19NO5S. The topological polar surface area (TPSA) is 72.9 Å². The van der Waals surface area contributed by atoms with Gasteiger partial charge in [-0.25, -0.2) is 8.42 Å². The summed E-state index contributed by atoms with van der Waals surface area (Å²) < 4.78 is 32.1. The first kappa shape index (κ1) is 14.4. The minimum Gasteiger partial charge on any atom is -0.469 e. The number of esters is 1. The summed E-state index contributed by atoms with van der Waals surface area (Å²) in [5.41, 5.74) is 0. The van der Waals surface area contributed by atoms with Gasteiger partial charge in [0.05, 0.1) is 32.0 Å². The molecule has 1 aliphatic heterocycles. The zero-order chi connectivity index (χ0) is 12.9. The van der Waals surface area contributed by atoms with Crippen LogP contribution in [0.5, 0.6) is 0 Å². The minimum atomic E-state index is -2.94. The van der Waals surface area contributed by atoms with Crippen LogP contribution >= 0.6 is 0 Å². The van der Waals surface area contributed by atoms with E-state index < -0.39 is 9.84 Å². The number of hydrogen-bond donors (Lipinski definition) is 0. The second-order valence-corrected chi connectivity index (χ2v) is 6.46. The number of nitrogens with zero attached hydrogens (tertiary/aromatic N) is 1. The third-order valence-corrected chi connectivity index (χ3v) is 3.55. The molecule has 0 saturated carbocycles. The summed E-state index contributed by atoms with van der Waals surface area (Å²) in [6.07, 6.45) is 1.24. The van der Waals surface area contributed by atoms with E-state index in [0.717, 1.165) is 0 Å². The van der Waals surface area contributed by atoms with Crippen LogP contribution in [-0.4, -0.2) is 70.8 Å². The molecule has 17 heavy (non-hydrogen) atoms. The lowest BCUT2D eigenvalue weighted by atomic mass is 10.2. The van der Waals surface area contributed by atoms with Crippen molar-refractivity contribution in [1.29, 1.82) is 0 Å². The number of morpholine rings is 1. The molecule has 1 atom stereocenters. The van der Waals surface area contributed by atoms with Crippen LogP contribution in [0.15, 0.2) is 0 Å². The largest absolute Gasteiger partial charge is 0.469 e. The Bertz CT molecular complexity index is 354. The van der Waals surface area contributed by atoms with E-state index in [4.69, 9.17) is 4.74 Å². The molecule has 100 valence electrons. The van der Waals surface area contributed by atoms with Crippen LogP contribution in [0.2, 0.25) is 0 Å². The smallest absolute Gasteiger partial charge is 0.308 e. The van der Waals surface area contributed by atoms with Crippen molar-refractivity contribution in [3.05, 3.63) is 0 Å². The molecule has 0 N–H and O–H groups in total. The molecule has 0 radical (unpaired) electrons. The standard InChI is InChI=1S/C10H19NO5S/c1-15-10(12)7-9-8-11(3-5-16-9)4-6-17(2,13)14/h9H,3-8H2,1-2H3. The van der Waals surface area contributed by atoms with Crippen LogP contribution in [0.1, 0.15) is 6.42 Å². The van der Waals surface area contributed by atoms with E-state index in [1.54, 1.807) is 0 Å². The molecule has 7 heteroatoms. The summed E-state index contributed by atoms with van der Waals surface area (Å²) in [6, 6.07) is 0. The Kier molecular flexibility index (Phi) is 5.35. The Hall–Kier alpha value is -0.660. The molecule has 1 heterocycles. The molecule has 0 bridgehead atoms. The number of carbonyl (C=O) groups excluding carboxylic acids is 1. The van der Waals surface area contributed by atoms with Gasteiger partial charge in [-0.1, -0.05) is 0 Å². The van der Waals surface area contributed by atoms with Crippen molar-refractivity contribution in [3.8, 4) is 0 Å². The molecule has 1 saturated heterocycles. The number of rotatable bonds is 5. The van der Waals surface area contributed by atoms with Gasteiger partial charge in [0.1, 0.15) is 9.84 Å². The zero-order valence-corrected chi connectivity index (χ0v) is 11.0. The summed E-state index contributed by atoms with van der Waals surface area (Å²) in [4.78, 5) is 13.1. The van der Waals surface area contributed by atoms with Gasteiger partial charge in [-0.3, -0.25) is 9.69 Å². The maximum absolute atomic E-state index is 11.1. The summed E-state index contributed by atoms with van der Waals surface area (Å²) in [6.45, 7) is 2.28. The molecule has 0 aliphatic carbocycles. The van der Waals surface area contributed by atoms with E-state index in [0.29, 0.717) is 26.2 Å². The SMILES string of the molecule is COC(=O)CC1CN(CCS(C)(=O)=O)CCO1. The van der Waals surface area contributed by atoms with Crippen LogP contribution in [-0.2, 0) is 24.1 Å². The second kappa shape index (κ2) is 6.32. The second-order valence-electron chi connectivity index (χ2n) is 4.20. The fraction of sp³-hybridized carbons (Fsp3) is 0.900. The fourth-order valence-electron chi connectivity index (χ4n) is 1.67. The van der Waals surface area contributed by atoms with Crippen molar-refractivity contribution < 1.29 is 22.7 Å². The van der Waals surface area contributed by atoms with E-state index in [9.17, 15) is 13.2 Å². The lowest BCUT2D eigenvalue weighted by molar-refractivity contribution is -0.145. The molecule has 1 unspecified atom stereocenters. The maximum Gasteiger partial charge on any atom is 0.308 e. The molecule has 0 amide bonds. The van der Waals surface area contributed by atoms with E-state index >= 15 is 0 Å². The highest BCUT2D eigenvalue weighted by molar-refractivity contribution is 7.90. The summed E-state index contributed by atoms with van der Waals surface area (Å²) in [5, 5.41) is 0. The molecule has 0 spiro atoms. The molecule has 1 fully saturated rings. The molecular weight excluding hydrogens is 246 g/mol. The molecule has 1 aliphatic rings. The van der Waals surface area contributed by atoms with Crippen molar-refractivity contribution in [2.24, 2.45) is 0 Å². The average Bonchev–Trinajstić information content (AvgIpc) is 2.26. The first-order valence-electron chi connectivity index (χ1n) is 5.49. The summed E-state index contributed by atoms with van der Waals surface area (Å²) >= 11 is 0. The zero-order valence-electron chi connectivity index (χ0n) is 10.2. The number of methoxy groups -OCH3 is 1. The lowest BCUT2D eigenvalue weighted by Gasteiger charge is -2.32. The van der Waals surface area contributed by atoms with Crippen LogP contribution < -0.4 is 0 Å². The van der Waals surface area contributed by atoms with Gasteiger partial charge in [-0.05, 0) is 0 Å². The van der Waals surface area contributed by atoms with Crippen molar-refractivity contribution in [1.82, 2.24) is 4.90 Å². The van der Waals surface area contributed by atoms with Gasteiger partial charge in [-0.2, -0.15) is 0 Å². The Labute approximate surface area is 102 Å². The third-order valence-electron chi connectivity index (χ3n) is 2.62. The molecule has 6 nitrogen and oxygen atoms in total. The van der Waals surface area contributed by atoms with Gasteiger partial charge in [0.2, 0.25) is 0 Å².